The van der Waals surface area contributed by atoms with Crippen LogP contribution in [0.5, 0.6) is 0 Å². The van der Waals surface area contributed by atoms with Gasteiger partial charge < -0.3 is 10.2 Å². The van der Waals surface area contributed by atoms with E-state index in [9.17, 15) is 0 Å². The van der Waals surface area contributed by atoms with Crippen molar-refractivity contribution in [3.63, 3.8) is 0 Å². The fraction of sp³-hybridized carbons (Fsp3) is 0.600. The molecule has 4 heteroatoms. The molecule has 2 rings (SSSR count). The molecule has 1 saturated heterocycles. The lowest BCUT2D eigenvalue weighted by Gasteiger charge is -2.28. The maximum Gasteiger partial charge on any atom is 0.144 e. The minimum absolute atomic E-state index is 0.536. The van der Waals surface area contributed by atoms with Gasteiger partial charge in [-0.05, 0) is 57.9 Å². The van der Waals surface area contributed by atoms with E-state index < -0.39 is 0 Å². The van der Waals surface area contributed by atoms with Crippen LogP contribution in [0.3, 0.4) is 0 Å². The average Bonchev–Trinajstić information content (AvgIpc) is 2.46. The first-order valence-corrected chi connectivity index (χ1v) is 7.03. The van der Waals surface area contributed by atoms with Crippen LogP contribution < -0.4 is 5.32 Å². The monoisotopic (exact) mass is 258 g/mol. The second-order valence-corrected chi connectivity index (χ2v) is 5.34. The van der Waals surface area contributed by atoms with Crippen LogP contribution in [-0.2, 0) is 6.54 Å². The molecule has 1 aliphatic rings. The third-order valence-corrected chi connectivity index (χ3v) is 3.88. The van der Waals surface area contributed by atoms with Gasteiger partial charge in [0, 0.05) is 18.3 Å². The Hall–Kier alpha value is -1.44. The van der Waals surface area contributed by atoms with E-state index in [1.54, 1.807) is 6.20 Å². The first-order chi connectivity index (χ1) is 9.29. The molecular formula is C15H22N4. The highest BCUT2D eigenvalue weighted by atomic mass is 15.1. The molecule has 0 spiro atoms. The minimum Gasteiger partial charge on any atom is -0.313 e. The zero-order valence-electron chi connectivity index (χ0n) is 11.6. The number of hydrogen-bond donors (Lipinski definition) is 1. The Bertz CT molecular complexity index is 430. The SMILES string of the molecule is CN1CCC(CCNCc2cccnc2C#N)CC1. The standard InChI is InChI=1S/C15H22N4/c1-19-9-5-13(6-10-19)4-8-17-12-14-3-2-7-18-15(14)11-16/h2-3,7,13,17H,4-6,8-10,12H2,1H3. The number of pyridine rings is 1. The molecule has 1 N–H and O–H groups in total. The molecule has 0 aromatic carbocycles. The summed E-state index contributed by atoms with van der Waals surface area (Å²) in [6.45, 7) is 4.22. The van der Waals surface area contributed by atoms with Gasteiger partial charge in [0.1, 0.15) is 11.8 Å². The van der Waals surface area contributed by atoms with E-state index in [-0.39, 0.29) is 0 Å². The van der Waals surface area contributed by atoms with Gasteiger partial charge in [-0.15, -0.1) is 0 Å². The number of piperidine rings is 1. The minimum atomic E-state index is 0.536. The number of likely N-dealkylation sites (tertiary alicyclic amines) is 1. The Morgan fingerprint density at radius 3 is 3.00 bits per heavy atom. The lowest BCUT2D eigenvalue weighted by atomic mass is 9.94. The van der Waals surface area contributed by atoms with Crippen molar-refractivity contribution in [3.8, 4) is 6.07 Å². The van der Waals surface area contributed by atoms with E-state index in [0.717, 1.165) is 24.6 Å². The van der Waals surface area contributed by atoms with Gasteiger partial charge >= 0.3 is 0 Å². The second kappa shape index (κ2) is 7.22. The number of nitrogens with one attached hydrogen (secondary N) is 1. The highest BCUT2D eigenvalue weighted by Crippen LogP contribution is 2.18. The van der Waals surface area contributed by atoms with Crippen molar-refractivity contribution < 1.29 is 0 Å². The molecule has 19 heavy (non-hydrogen) atoms. The Morgan fingerprint density at radius 2 is 2.26 bits per heavy atom. The van der Waals surface area contributed by atoms with Crippen molar-refractivity contribution in [1.29, 1.82) is 5.26 Å². The van der Waals surface area contributed by atoms with Crippen molar-refractivity contribution in [3.05, 3.63) is 29.6 Å². The average molecular weight is 258 g/mol. The number of nitrogens with zero attached hydrogens (tertiary/aromatic N) is 3. The molecule has 0 aliphatic carbocycles. The number of nitriles is 1. The van der Waals surface area contributed by atoms with E-state index >= 15 is 0 Å². The lowest BCUT2D eigenvalue weighted by Crippen LogP contribution is -2.31. The molecule has 0 bridgehead atoms. The van der Waals surface area contributed by atoms with Gasteiger partial charge in [-0.3, -0.25) is 0 Å². The van der Waals surface area contributed by atoms with Crippen LogP contribution in [0.4, 0.5) is 0 Å². The van der Waals surface area contributed by atoms with Crippen LogP contribution in [0.2, 0.25) is 0 Å². The van der Waals surface area contributed by atoms with Gasteiger partial charge in [0.2, 0.25) is 0 Å². The van der Waals surface area contributed by atoms with Gasteiger partial charge in [-0.2, -0.15) is 5.26 Å². The number of hydrogen-bond acceptors (Lipinski definition) is 4. The van der Waals surface area contributed by atoms with E-state index in [2.05, 4.69) is 28.3 Å². The van der Waals surface area contributed by atoms with Crippen LogP contribution in [-0.4, -0.2) is 36.6 Å². The van der Waals surface area contributed by atoms with E-state index in [1.165, 1.54) is 32.4 Å². The van der Waals surface area contributed by atoms with Crippen molar-refractivity contribution >= 4 is 0 Å². The van der Waals surface area contributed by atoms with Crippen LogP contribution in [0.1, 0.15) is 30.5 Å². The van der Waals surface area contributed by atoms with Gasteiger partial charge in [0.15, 0.2) is 0 Å². The summed E-state index contributed by atoms with van der Waals surface area (Å²) >= 11 is 0. The maximum absolute atomic E-state index is 8.96. The molecule has 0 amide bonds. The molecule has 1 aliphatic heterocycles. The summed E-state index contributed by atoms with van der Waals surface area (Å²) in [5.41, 5.74) is 1.53. The van der Waals surface area contributed by atoms with Gasteiger partial charge in [0.05, 0.1) is 0 Å². The highest BCUT2D eigenvalue weighted by Gasteiger charge is 2.15. The summed E-state index contributed by atoms with van der Waals surface area (Å²) in [6.07, 6.45) is 5.53. The summed E-state index contributed by atoms with van der Waals surface area (Å²) in [6, 6.07) is 5.98. The Balaban J connectivity index is 1.68. The number of aromatic nitrogens is 1. The molecule has 4 nitrogen and oxygen atoms in total. The smallest absolute Gasteiger partial charge is 0.144 e. The molecule has 2 heterocycles. The van der Waals surface area contributed by atoms with Crippen molar-refractivity contribution in [2.45, 2.75) is 25.8 Å². The summed E-state index contributed by atoms with van der Waals surface area (Å²) in [7, 11) is 2.19. The lowest BCUT2D eigenvalue weighted by molar-refractivity contribution is 0.211. The van der Waals surface area contributed by atoms with E-state index in [1.807, 2.05) is 12.1 Å². The Morgan fingerprint density at radius 1 is 1.47 bits per heavy atom. The van der Waals surface area contributed by atoms with Gasteiger partial charge in [-0.25, -0.2) is 4.98 Å². The first-order valence-electron chi connectivity index (χ1n) is 7.03. The Kier molecular flexibility index (Phi) is 5.31. The van der Waals surface area contributed by atoms with Crippen LogP contribution in [0, 0.1) is 17.2 Å². The molecule has 0 unspecified atom stereocenters. The molecule has 0 atom stereocenters. The topological polar surface area (TPSA) is 52.0 Å². The van der Waals surface area contributed by atoms with Crippen molar-refractivity contribution in [2.75, 3.05) is 26.7 Å². The van der Waals surface area contributed by atoms with Crippen molar-refractivity contribution in [2.24, 2.45) is 5.92 Å². The fourth-order valence-electron chi connectivity index (χ4n) is 2.56. The number of rotatable bonds is 5. The predicted molar refractivity (Wildman–Crippen MR) is 75.5 cm³/mol. The molecule has 1 aromatic heterocycles. The third kappa shape index (κ3) is 4.30. The van der Waals surface area contributed by atoms with Crippen LogP contribution in [0.25, 0.3) is 0 Å². The molecule has 0 saturated carbocycles. The van der Waals surface area contributed by atoms with Gasteiger partial charge in [-0.1, -0.05) is 6.07 Å². The van der Waals surface area contributed by atoms with Crippen LogP contribution in [0.15, 0.2) is 18.3 Å². The normalized spacial score (nSPS) is 17.3. The molecule has 1 fully saturated rings. The second-order valence-electron chi connectivity index (χ2n) is 5.34. The summed E-state index contributed by atoms with van der Waals surface area (Å²) in [5, 5.41) is 12.4. The first kappa shape index (κ1) is 14.0. The maximum atomic E-state index is 8.96. The summed E-state index contributed by atoms with van der Waals surface area (Å²) in [5.74, 6) is 0.855. The Labute approximate surface area is 115 Å². The molecule has 1 aromatic rings. The third-order valence-electron chi connectivity index (χ3n) is 3.88. The van der Waals surface area contributed by atoms with E-state index in [4.69, 9.17) is 5.26 Å². The molecule has 102 valence electrons. The van der Waals surface area contributed by atoms with E-state index in [0.29, 0.717) is 5.69 Å². The zero-order valence-corrected chi connectivity index (χ0v) is 11.6. The summed E-state index contributed by atoms with van der Waals surface area (Å²) < 4.78 is 0. The quantitative estimate of drug-likeness (QED) is 0.818. The largest absolute Gasteiger partial charge is 0.313 e. The zero-order chi connectivity index (χ0) is 13.5. The van der Waals surface area contributed by atoms with Crippen LogP contribution >= 0.6 is 0 Å². The molecule has 0 radical (unpaired) electrons. The molecular weight excluding hydrogens is 236 g/mol. The highest BCUT2D eigenvalue weighted by molar-refractivity contribution is 5.30. The summed E-state index contributed by atoms with van der Waals surface area (Å²) in [4.78, 5) is 6.47. The fourth-order valence-corrected chi connectivity index (χ4v) is 2.56. The van der Waals surface area contributed by atoms with Gasteiger partial charge in [0.25, 0.3) is 0 Å². The van der Waals surface area contributed by atoms with Crippen molar-refractivity contribution in [1.82, 2.24) is 15.2 Å². The predicted octanol–water partition coefficient (Wildman–Crippen LogP) is 1.77.